The van der Waals surface area contributed by atoms with Crippen LogP contribution < -0.4 is 11.5 Å². The van der Waals surface area contributed by atoms with Crippen molar-refractivity contribution in [1.82, 2.24) is 0 Å². The van der Waals surface area contributed by atoms with Crippen molar-refractivity contribution < 1.29 is 13.2 Å². The van der Waals surface area contributed by atoms with Crippen LogP contribution in [0.3, 0.4) is 0 Å². The molecule has 2 rings (SSSR count). The Kier molecular flexibility index (Phi) is 4.82. The first kappa shape index (κ1) is 17.5. The summed E-state index contributed by atoms with van der Waals surface area (Å²) in [4.78, 5) is 0. The molecule has 0 aliphatic heterocycles. The zero-order valence-corrected chi connectivity index (χ0v) is 13.2. The van der Waals surface area contributed by atoms with Crippen molar-refractivity contribution in [3.05, 3.63) is 70.8 Å². The van der Waals surface area contributed by atoms with Crippen LogP contribution in [-0.4, -0.2) is 6.54 Å². The fourth-order valence-corrected chi connectivity index (χ4v) is 2.77. The van der Waals surface area contributed by atoms with Crippen LogP contribution in [0.1, 0.15) is 35.1 Å². The van der Waals surface area contributed by atoms with Gasteiger partial charge >= 0.3 is 6.18 Å². The van der Waals surface area contributed by atoms with Crippen molar-refractivity contribution in [3.63, 3.8) is 0 Å². The highest BCUT2D eigenvalue weighted by molar-refractivity contribution is 5.36. The topological polar surface area (TPSA) is 52.0 Å². The van der Waals surface area contributed by atoms with Gasteiger partial charge in [0.2, 0.25) is 0 Å². The molecule has 0 fully saturated rings. The van der Waals surface area contributed by atoms with E-state index in [1.165, 1.54) is 6.07 Å². The monoisotopic (exact) mass is 322 g/mol. The van der Waals surface area contributed by atoms with Gasteiger partial charge in [-0.05, 0) is 31.0 Å². The summed E-state index contributed by atoms with van der Waals surface area (Å²) in [5.74, 6) is -0.424. The Morgan fingerprint density at radius 1 is 1.00 bits per heavy atom. The van der Waals surface area contributed by atoms with Crippen LogP contribution in [0.15, 0.2) is 48.5 Å². The summed E-state index contributed by atoms with van der Waals surface area (Å²) in [7, 11) is 0. The highest BCUT2D eigenvalue weighted by Crippen LogP contribution is 2.37. The molecular weight excluding hydrogens is 301 g/mol. The Labute approximate surface area is 134 Å². The molecule has 4 N–H and O–H groups in total. The van der Waals surface area contributed by atoms with E-state index in [0.717, 1.165) is 23.3 Å². The minimum Gasteiger partial charge on any atom is -0.330 e. The SMILES string of the molecule is Cc1ccc(C(C)(N)C(CN)c2cccc(C(F)(F)F)c2)cc1. The molecule has 23 heavy (non-hydrogen) atoms. The van der Waals surface area contributed by atoms with Crippen molar-refractivity contribution in [2.45, 2.75) is 31.5 Å². The highest BCUT2D eigenvalue weighted by atomic mass is 19.4. The van der Waals surface area contributed by atoms with E-state index in [1.807, 2.05) is 31.2 Å². The van der Waals surface area contributed by atoms with Gasteiger partial charge in [-0.2, -0.15) is 13.2 Å². The molecule has 0 saturated heterocycles. The molecule has 124 valence electrons. The number of halogens is 3. The van der Waals surface area contributed by atoms with Gasteiger partial charge in [0.1, 0.15) is 0 Å². The highest BCUT2D eigenvalue weighted by Gasteiger charge is 2.35. The van der Waals surface area contributed by atoms with Crippen molar-refractivity contribution in [1.29, 1.82) is 0 Å². The number of rotatable bonds is 4. The molecular formula is C18H21F3N2. The first-order valence-corrected chi connectivity index (χ1v) is 7.39. The quantitative estimate of drug-likeness (QED) is 0.896. The predicted molar refractivity (Wildman–Crippen MR) is 86.0 cm³/mol. The lowest BCUT2D eigenvalue weighted by molar-refractivity contribution is -0.137. The summed E-state index contributed by atoms with van der Waals surface area (Å²) in [6.45, 7) is 3.92. The number of benzene rings is 2. The molecule has 0 heterocycles. The molecule has 2 nitrogen and oxygen atoms in total. The zero-order valence-electron chi connectivity index (χ0n) is 13.2. The molecule has 2 unspecified atom stereocenters. The largest absolute Gasteiger partial charge is 0.416 e. The number of alkyl halides is 3. The first-order chi connectivity index (χ1) is 10.7. The maximum atomic E-state index is 12.9. The fraction of sp³-hybridized carbons (Fsp3) is 0.333. The summed E-state index contributed by atoms with van der Waals surface area (Å²) in [6.07, 6.45) is -4.38. The Hall–Kier alpha value is -1.85. The molecule has 0 aliphatic carbocycles. The summed E-state index contributed by atoms with van der Waals surface area (Å²) < 4.78 is 38.8. The molecule has 0 aliphatic rings. The molecule has 2 atom stereocenters. The molecule has 0 radical (unpaired) electrons. The Morgan fingerprint density at radius 3 is 2.13 bits per heavy atom. The Morgan fingerprint density at radius 2 is 1.61 bits per heavy atom. The van der Waals surface area contributed by atoms with Gasteiger partial charge < -0.3 is 11.5 Å². The molecule has 0 aromatic heterocycles. The first-order valence-electron chi connectivity index (χ1n) is 7.39. The smallest absolute Gasteiger partial charge is 0.330 e. The fourth-order valence-electron chi connectivity index (χ4n) is 2.77. The molecule has 0 saturated carbocycles. The Bertz CT molecular complexity index is 661. The third kappa shape index (κ3) is 3.74. The normalized spacial score (nSPS) is 16.0. The van der Waals surface area contributed by atoms with Crippen LogP contribution in [0.25, 0.3) is 0 Å². The van der Waals surface area contributed by atoms with Gasteiger partial charge in [0.15, 0.2) is 0 Å². The van der Waals surface area contributed by atoms with Crippen molar-refractivity contribution in [2.24, 2.45) is 11.5 Å². The number of aryl methyl sites for hydroxylation is 1. The maximum absolute atomic E-state index is 12.9. The maximum Gasteiger partial charge on any atom is 0.416 e. The van der Waals surface area contributed by atoms with E-state index in [-0.39, 0.29) is 6.54 Å². The molecule has 0 spiro atoms. The van der Waals surface area contributed by atoms with Gasteiger partial charge in [-0.3, -0.25) is 0 Å². The van der Waals surface area contributed by atoms with Gasteiger partial charge in [0.25, 0.3) is 0 Å². The van der Waals surface area contributed by atoms with Crippen LogP contribution in [0, 0.1) is 6.92 Å². The Balaban J connectivity index is 2.44. The molecule has 2 aromatic rings. The predicted octanol–water partition coefficient (Wildman–Crippen LogP) is 3.93. The molecule has 0 amide bonds. The zero-order chi connectivity index (χ0) is 17.3. The number of hydrogen-bond acceptors (Lipinski definition) is 2. The van der Waals surface area contributed by atoms with Crippen molar-refractivity contribution in [2.75, 3.05) is 6.54 Å². The minimum atomic E-state index is -4.38. The van der Waals surface area contributed by atoms with E-state index in [2.05, 4.69) is 0 Å². The third-order valence-corrected chi connectivity index (χ3v) is 4.25. The van der Waals surface area contributed by atoms with Crippen LogP contribution in [0.5, 0.6) is 0 Å². The number of nitrogens with two attached hydrogens (primary N) is 2. The van der Waals surface area contributed by atoms with E-state index in [4.69, 9.17) is 11.5 Å². The summed E-state index contributed by atoms with van der Waals surface area (Å²) >= 11 is 0. The third-order valence-electron chi connectivity index (χ3n) is 4.25. The van der Waals surface area contributed by atoms with Gasteiger partial charge in [0, 0.05) is 18.0 Å². The molecule has 5 heteroatoms. The number of hydrogen-bond donors (Lipinski definition) is 2. The van der Waals surface area contributed by atoms with E-state index in [9.17, 15) is 13.2 Å². The molecule has 0 bridgehead atoms. The van der Waals surface area contributed by atoms with Gasteiger partial charge in [0.05, 0.1) is 5.56 Å². The van der Waals surface area contributed by atoms with Gasteiger partial charge in [-0.15, -0.1) is 0 Å². The summed E-state index contributed by atoms with van der Waals surface area (Å²) in [5, 5.41) is 0. The van der Waals surface area contributed by atoms with Crippen LogP contribution in [-0.2, 0) is 11.7 Å². The van der Waals surface area contributed by atoms with E-state index in [0.29, 0.717) is 5.56 Å². The second-order valence-electron chi connectivity index (χ2n) is 6.06. The minimum absolute atomic E-state index is 0.155. The summed E-state index contributed by atoms with van der Waals surface area (Å²) in [5.41, 5.74) is 13.2. The van der Waals surface area contributed by atoms with Crippen molar-refractivity contribution >= 4 is 0 Å². The van der Waals surface area contributed by atoms with E-state index < -0.39 is 23.2 Å². The average Bonchev–Trinajstić information content (AvgIpc) is 2.47. The van der Waals surface area contributed by atoms with Crippen molar-refractivity contribution in [3.8, 4) is 0 Å². The second kappa shape index (κ2) is 6.34. The van der Waals surface area contributed by atoms with Crippen LogP contribution in [0.4, 0.5) is 13.2 Å². The van der Waals surface area contributed by atoms with Crippen LogP contribution in [0.2, 0.25) is 0 Å². The summed E-state index contributed by atoms with van der Waals surface area (Å²) in [6, 6.07) is 12.9. The van der Waals surface area contributed by atoms with E-state index >= 15 is 0 Å². The van der Waals surface area contributed by atoms with Crippen LogP contribution >= 0.6 is 0 Å². The lowest BCUT2D eigenvalue weighted by Crippen LogP contribution is -2.43. The lowest BCUT2D eigenvalue weighted by Gasteiger charge is -2.35. The van der Waals surface area contributed by atoms with Gasteiger partial charge in [-0.25, -0.2) is 0 Å². The molecule has 2 aromatic carbocycles. The second-order valence-corrected chi connectivity index (χ2v) is 6.06. The average molecular weight is 322 g/mol. The van der Waals surface area contributed by atoms with E-state index in [1.54, 1.807) is 13.0 Å². The lowest BCUT2D eigenvalue weighted by atomic mass is 9.76. The standard InChI is InChI=1S/C18H21F3N2/c1-12-6-8-14(9-7-12)17(2,23)16(11-22)13-4-3-5-15(10-13)18(19,20)21/h3-10,16H,11,22-23H2,1-2H3. The van der Waals surface area contributed by atoms with Gasteiger partial charge in [-0.1, -0.05) is 48.0 Å².